The first-order valence-corrected chi connectivity index (χ1v) is 10.9. The average molecular weight is 345 g/mol. The highest BCUT2D eigenvalue weighted by Gasteiger charge is 2.42. The third kappa shape index (κ3) is 4.27. The van der Waals surface area contributed by atoms with Crippen molar-refractivity contribution in [3.8, 4) is 0 Å². The van der Waals surface area contributed by atoms with Gasteiger partial charge in [-0.15, -0.1) is 0 Å². The molecule has 134 valence electrons. The van der Waals surface area contributed by atoms with E-state index in [-0.39, 0.29) is 35.4 Å². The number of hydrogen-bond donors (Lipinski definition) is 1. The van der Waals surface area contributed by atoms with Crippen molar-refractivity contribution in [3.63, 3.8) is 0 Å². The fraction of sp³-hybridized carbons (Fsp3) is 0.941. The zero-order valence-corrected chi connectivity index (χ0v) is 15.5. The second-order valence-electron chi connectivity index (χ2n) is 7.37. The van der Waals surface area contributed by atoms with Gasteiger partial charge in [-0.05, 0) is 51.4 Å². The van der Waals surface area contributed by atoms with Gasteiger partial charge in [0.25, 0.3) is 0 Å². The Balaban J connectivity index is 2.05. The molecule has 2 rings (SSSR count). The predicted molar refractivity (Wildman–Crippen MR) is 92.7 cm³/mol. The predicted octanol–water partition coefficient (Wildman–Crippen LogP) is 1.81. The van der Waals surface area contributed by atoms with Crippen molar-refractivity contribution in [1.82, 2.24) is 4.90 Å². The summed E-state index contributed by atoms with van der Waals surface area (Å²) in [4.78, 5) is 14.7. The molecule has 2 bridgehead atoms. The third-order valence-corrected chi connectivity index (χ3v) is 7.72. The molecule has 0 heterocycles. The maximum atomic E-state index is 13.0. The van der Waals surface area contributed by atoms with Crippen LogP contribution in [0.25, 0.3) is 0 Å². The van der Waals surface area contributed by atoms with Crippen molar-refractivity contribution >= 4 is 15.7 Å². The van der Waals surface area contributed by atoms with Crippen molar-refractivity contribution in [2.45, 2.75) is 65.0 Å². The van der Waals surface area contributed by atoms with Crippen LogP contribution < -0.4 is 5.73 Å². The van der Waals surface area contributed by atoms with Crippen LogP contribution in [-0.2, 0) is 14.6 Å². The van der Waals surface area contributed by atoms with Crippen molar-refractivity contribution in [2.75, 3.05) is 18.1 Å². The Morgan fingerprint density at radius 2 is 1.78 bits per heavy atom. The summed E-state index contributed by atoms with van der Waals surface area (Å²) in [5.41, 5.74) is 6.31. The Labute approximate surface area is 140 Å². The molecule has 3 unspecified atom stereocenters. The number of nitrogens with two attached hydrogens (primary N) is 1. The first-order chi connectivity index (χ1) is 10.8. The topological polar surface area (TPSA) is 80.5 Å². The highest BCUT2D eigenvalue weighted by atomic mass is 32.2. The molecule has 0 aromatic carbocycles. The quantitative estimate of drug-likeness (QED) is 0.797. The maximum Gasteiger partial charge on any atom is 0.225 e. The summed E-state index contributed by atoms with van der Waals surface area (Å²) in [6, 6.07) is -0.00587. The van der Waals surface area contributed by atoms with Crippen molar-refractivity contribution in [3.05, 3.63) is 0 Å². The molecule has 23 heavy (non-hydrogen) atoms. The Bertz CT molecular complexity index is 506. The minimum atomic E-state index is -3.08. The van der Waals surface area contributed by atoms with Gasteiger partial charge < -0.3 is 10.6 Å². The van der Waals surface area contributed by atoms with E-state index in [0.29, 0.717) is 18.4 Å². The standard InChI is InChI=1S/C17H32N2O3S/c1-4-19(12(3)11-23(21,22)5-2)17(20)15-9-13-7-6-8-14(10-15)16(13)18/h12-16H,4-11,18H2,1-3H3. The van der Waals surface area contributed by atoms with Gasteiger partial charge in [-0.1, -0.05) is 13.3 Å². The first kappa shape index (κ1) is 18.7. The number of carbonyl (C=O) groups excluding carboxylic acids is 1. The fourth-order valence-corrected chi connectivity index (χ4v) is 5.64. The molecule has 2 fully saturated rings. The lowest BCUT2D eigenvalue weighted by Gasteiger charge is -2.45. The number of fused-ring (bicyclic) bond motifs is 2. The Hall–Kier alpha value is -0.620. The molecular weight excluding hydrogens is 312 g/mol. The molecule has 2 saturated carbocycles. The summed E-state index contributed by atoms with van der Waals surface area (Å²) < 4.78 is 23.8. The smallest absolute Gasteiger partial charge is 0.225 e. The van der Waals surface area contributed by atoms with E-state index >= 15 is 0 Å². The Morgan fingerprint density at radius 1 is 1.22 bits per heavy atom. The Morgan fingerprint density at radius 3 is 2.26 bits per heavy atom. The van der Waals surface area contributed by atoms with E-state index in [1.54, 1.807) is 11.8 Å². The number of hydrogen-bond acceptors (Lipinski definition) is 4. The minimum Gasteiger partial charge on any atom is -0.339 e. The van der Waals surface area contributed by atoms with E-state index in [9.17, 15) is 13.2 Å². The highest BCUT2D eigenvalue weighted by Crippen LogP contribution is 2.42. The summed E-state index contributed by atoms with van der Waals surface area (Å²) in [5, 5.41) is 0. The lowest BCUT2D eigenvalue weighted by Crippen LogP contribution is -2.51. The number of rotatable bonds is 6. The van der Waals surface area contributed by atoms with Crippen molar-refractivity contribution in [1.29, 1.82) is 0 Å². The minimum absolute atomic E-state index is 0.0248. The maximum absolute atomic E-state index is 13.0. The molecule has 0 saturated heterocycles. The monoisotopic (exact) mass is 344 g/mol. The molecule has 5 nitrogen and oxygen atoms in total. The molecule has 0 aliphatic heterocycles. The molecule has 3 atom stereocenters. The van der Waals surface area contributed by atoms with Gasteiger partial charge in [0.2, 0.25) is 5.91 Å². The highest BCUT2D eigenvalue weighted by molar-refractivity contribution is 7.91. The fourth-order valence-electron chi connectivity index (χ4n) is 4.49. The van der Waals surface area contributed by atoms with E-state index in [2.05, 4.69) is 0 Å². The number of amides is 1. The second kappa shape index (κ2) is 7.51. The molecule has 0 aromatic rings. The van der Waals surface area contributed by atoms with Gasteiger partial charge in [0.15, 0.2) is 9.84 Å². The van der Waals surface area contributed by atoms with Crippen LogP contribution in [0, 0.1) is 17.8 Å². The van der Waals surface area contributed by atoms with Crippen LogP contribution >= 0.6 is 0 Å². The van der Waals surface area contributed by atoms with Crippen LogP contribution in [0.3, 0.4) is 0 Å². The van der Waals surface area contributed by atoms with Gasteiger partial charge in [-0.3, -0.25) is 4.79 Å². The normalized spacial score (nSPS) is 32.3. The molecule has 2 aliphatic rings. The summed E-state index contributed by atoms with van der Waals surface area (Å²) in [7, 11) is -3.08. The van der Waals surface area contributed by atoms with Gasteiger partial charge in [0.1, 0.15) is 0 Å². The van der Waals surface area contributed by atoms with Crippen LogP contribution in [0.15, 0.2) is 0 Å². The average Bonchev–Trinajstić information content (AvgIpc) is 2.47. The molecule has 2 aliphatic carbocycles. The summed E-state index contributed by atoms with van der Waals surface area (Å²) in [6.07, 6.45) is 5.24. The van der Waals surface area contributed by atoms with E-state index in [1.165, 1.54) is 6.42 Å². The van der Waals surface area contributed by atoms with E-state index in [0.717, 1.165) is 25.7 Å². The number of sulfone groups is 1. The SMILES string of the molecule is CCN(C(=O)C1CC2CCCC(C1)C2N)C(C)CS(=O)(=O)CC. The molecule has 0 radical (unpaired) electrons. The van der Waals surface area contributed by atoms with Gasteiger partial charge in [-0.25, -0.2) is 8.42 Å². The Kier molecular flexibility index (Phi) is 6.11. The zero-order valence-electron chi connectivity index (χ0n) is 14.7. The molecule has 1 amide bonds. The second-order valence-corrected chi connectivity index (χ2v) is 9.77. The molecular formula is C17H32N2O3S. The third-order valence-electron chi connectivity index (χ3n) is 5.85. The molecule has 0 aromatic heterocycles. The van der Waals surface area contributed by atoms with Crippen LogP contribution in [0.4, 0.5) is 0 Å². The van der Waals surface area contributed by atoms with Crippen LogP contribution in [-0.4, -0.2) is 49.4 Å². The lowest BCUT2D eigenvalue weighted by molar-refractivity contribution is -0.140. The van der Waals surface area contributed by atoms with Crippen LogP contribution in [0.1, 0.15) is 52.9 Å². The van der Waals surface area contributed by atoms with Crippen LogP contribution in [0.5, 0.6) is 0 Å². The van der Waals surface area contributed by atoms with E-state index in [4.69, 9.17) is 5.73 Å². The largest absolute Gasteiger partial charge is 0.339 e. The van der Waals surface area contributed by atoms with Crippen LogP contribution in [0.2, 0.25) is 0 Å². The van der Waals surface area contributed by atoms with E-state index in [1.807, 2.05) is 13.8 Å². The summed E-state index contributed by atoms with van der Waals surface area (Å²) >= 11 is 0. The first-order valence-electron chi connectivity index (χ1n) is 9.05. The summed E-state index contributed by atoms with van der Waals surface area (Å²) in [5.74, 6) is 1.27. The van der Waals surface area contributed by atoms with Gasteiger partial charge in [0, 0.05) is 30.3 Å². The van der Waals surface area contributed by atoms with Crippen molar-refractivity contribution in [2.24, 2.45) is 23.5 Å². The van der Waals surface area contributed by atoms with Gasteiger partial charge >= 0.3 is 0 Å². The molecule has 0 spiro atoms. The van der Waals surface area contributed by atoms with Gasteiger partial charge in [0.05, 0.1) is 5.75 Å². The summed E-state index contributed by atoms with van der Waals surface area (Å²) in [6.45, 7) is 6.01. The zero-order chi connectivity index (χ0) is 17.2. The molecule has 6 heteroatoms. The number of nitrogens with zero attached hydrogens (tertiary/aromatic N) is 1. The lowest BCUT2D eigenvalue weighted by atomic mass is 9.65. The molecule has 2 N–H and O–H groups in total. The van der Waals surface area contributed by atoms with Gasteiger partial charge in [-0.2, -0.15) is 0 Å². The van der Waals surface area contributed by atoms with E-state index < -0.39 is 9.84 Å². The van der Waals surface area contributed by atoms with Crippen molar-refractivity contribution < 1.29 is 13.2 Å². The number of carbonyl (C=O) groups is 1.